The fourth-order valence-corrected chi connectivity index (χ4v) is 3.20. The Balaban J connectivity index is 2.02. The number of hydrogen-bond donors (Lipinski definition) is 1. The van der Waals surface area contributed by atoms with Crippen LogP contribution in [0.1, 0.15) is 29.2 Å². The average molecular weight is 303 g/mol. The molecular weight excluding hydrogens is 281 g/mol. The molecule has 0 unspecified atom stereocenters. The van der Waals surface area contributed by atoms with Gasteiger partial charge in [0.1, 0.15) is 5.82 Å². The van der Waals surface area contributed by atoms with Crippen LogP contribution >= 0.6 is 11.8 Å². The van der Waals surface area contributed by atoms with Crippen molar-refractivity contribution in [3.63, 3.8) is 0 Å². The van der Waals surface area contributed by atoms with Gasteiger partial charge in [0, 0.05) is 17.2 Å². The molecule has 0 spiro atoms. The Hall–Kier alpha value is -1.32. The zero-order valence-corrected chi connectivity index (χ0v) is 13.7. The second-order valence-electron chi connectivity index (χ2n) is 5.33. The smallest absolute Gasteiger partial charge is 0.137 e. The Labute approximate surface area is 131 Å². The highest BCUT2D eigenvalue weighted by Gasteiger charge is 2.05. The summed E-state index contributed by atoms with van der Waals surface area (Å²) in [6, 6.07) is 12.0. The molecule has 3 heteroatoms. The predicted molar refractivity (Wildman–Crippen MR) is 89.3 cm³/mol. The minimum absolute atomic E-state index is 0.125. The van der Waals surface area contributed by atoms with Crippen LogP contribution in [0.3, 0.4) is 0 Å². The summed E-state index contributed by atoms with van der Waals surface area (Å²) in [6.07, 6.45) is 0. The van der Waals surface area contributed by atoms with Gasteiger partial charge in [0.15, 0.2) is 0 Å². The number of nitrogens with one attached hydrogen (secondary N) is 1. The van der Waals surface area contributed by atoms with E-state index in [0.717, 1.165) is 29.3 Å². The summed E-state index contributed by atoms with van der Waals surface area (Å²) in [6.45, 7) is 7.85. The Bertz CT molecular complexity index is 590. The van der Waals surface area contributed by atoms with Gasteiger partial charge in [-0.15, -0.1) is 11.8 Å². The van der Waals surface area contributed by atoms with Crippen LogP contribution in [0.25, 0.3) is 0 Å². The summed E-state index contributed by atoms with van der Waals surface area (Å²) in [4.78, 5) is 0.717. The van der Waals surface area contributed by atoms with Gasteiger partial charge in [-0.05, 0) is 43.7 Å². The Morgan fingerprint density at radius 2 is 1.71 bits per heavy atom. The summed E-state index contributed by atoms with van der Waals surface area (Å²) in [7, 11) is 0. The van der Waals surface area contributed by atoms with Crippen LogP contribution in [-0.2, 0) is 12.3 Å². The van der Waals surface area contributed by atoms with Gasteiger partial charge < -0.3 is 5.32 Å². The summed E-state index contributed by atoms with van der Waals surface area (Å²) in [5, 5.41) is 3.21. The molecule has 0 aromatic heterocycles. The van der Waals surface area contributed by atoms with Crippen molar-refractivity contribution in [2.75, 3.05) is 6.54 Å². The normalized spacial score (nSPS) is 10.9. The van der Waals surface area contributed by atoms with E-state index < -0.39 is 0 Å². The maximum atomic E-state index is 14.1. The van der Waals surface area contributed by atoms with Crippen molar-refractivity contribution in [3.05, 3.63) is 64.5 Å². The summed E-state index contributed by atoms with van der Waals surface area (Å²) >= 11 is 1.55. The van der Waals surface area contributed by atoms with Crippen LogP contribution in [0.15, 0.2) is 41.3 Å². The van der Waals surface area contributed by atoms with Crippen LogP contribution in [0, 0.1) is 19.7 Å². The minimum atomic E-state index is -0.125. The molecular formula is C18H22FNS. The number of benzene rings is 2. The van der Waals surface area contributed by atoms with Crippen molar-refractivity contribution in [1.82, 2.24) is 5.32 Å². The fraction of sp³-hybridized carbons (Fsp3) is 0.333. The van der Waals surface area contributed by atoms with E-state index in [1.807, 2.05) is 19.1 Å². The molecule has 21 heavy (non-hydrogen) atoms. The molecule has 2 aromatic carbocycles. The lowest BCUT2D eigenvalue weighted by atomic mass is 10.1. The maximum absolute atomic E-state index is 14.1. The summed E-state index contributed by atoms with van der Waals surface area (Å²) in [5.74, 6) is 0.672. The molecule has 0 bridgehead atoms. The van der Waals surface area contributed by atoms with Crippen molar-refractivity contribution in [2.24, 2.45) is 0 Å². The predicted octanol–water partition coefficient (Wildman–Crippen LogP) is 4.84. The molecule has 0 aliphatic carbocycles. The number of rotatable bonds is 6. The first-order valence-corrected chi connectivity index (χ1v) is 8.26. The lowest BCUT2D eigenvalue weighted by molar-refractivity contribution is 0.596. The molecule has 0 heterocycles. The SMILES string of the molecule is CCNCc1ccc(SCc2cc(C)cc(C)c2)c(F)c1. The largest absolute Gasteiger partial charge is 0.313 e. The van der Waals surface area contributed by atoms with E-state index in [1.165, 1.54) is 16.7 Å². The van der Waals surface area contributed by atoms with Crippen molar-refractivity contribution in [2.45, 2.75) is 38.0 Å². The van der Waals surface area contributed by atoms with Gasteiger partial charge in [-0.1, -0.05) is 42.3 Å². The Morgan fingerprint density at radius 3 is 2.33 bits per heavy atom. The molecule has 0 atom stereocenters. The van der Waals surface area contributed by atoms with Crippen LogP contribution in [-0.4, -0.2) is 6.54 Å². The molecule has 0 fully saturated rings. The van der Waals surface area contributed by atoms with Gasteiger partial charge in [-0.3, -0.25) is 0 Å². The lowest BCUT2D eigenvalue weighted by Gasteiger charge is -2.08. The van der Waals surface area contributed by atoms with Gasteiger partial charge in [0.25, 0.3) is 0 Å². The van der Waals surface area contributed by atoms with E-state index in [4.69, 9.17) is 0 Å². The number of halogens is 1. The minimum Gasteiger partial charge on any atom is -0.313 e. The molecule has 2 aromatic rings. The number of hydrogen-bond acceptors (Lipinski definition) is 2. The third-order valence-electron chi connectivity index (χ3n) is 3.25. The molecule has 1 N–H and O–H groups in total. The number of aryl methyl sites for hydroxylation is 2. The molecule has 112 valence electrons. The summed E-state index contributed by atoms with van der Waals surface area (Å²) in [5.41, 5.74) is 4.75. The first kappa shape index (κ1) is 16.1. The van der Waals surface area contributed by atoms with Crippen LogP contribution in [0.4, 0.5) is 4.39 Å². The highest BCUT2D eigenvalue weighted by Crippen LogP contribution is 2.27. The monoisotopic (exact) mass is 303 g/mol. The molecule has 0 aliphatic rings. The van der Waals surface area contributed by atoms with E-state index in [2.05, 4.69) is 37.4 Å². The zero-order chi connectivity index (χ0) is 15.2. The Kier molecular flexibility index (Phi) is 5.83. The van der Waals surface area contributed by atoms with E-state index in [0.29, 0.717) is 0 Å². The molecule has 0 amide bonds. The van der Waals surface area contributed by atoms with E-state index in [9.17, 15) is 4.39 Å². The van der Waals surface area contributed by atoms with Crippen LogP contribution in [0.5, 0.6) is 0 Å². The van der Waals surface area contributed by atoms with Gasteiger partial charge >= 0.3 is 0 Å². The first-order valence-electron chi connectivity index (χ1n) is 7.27. The van der Waals surface area contributed by atoms with Crippen LogP contribution < -0.4 is 5.32 Å². The molecule has 2 rings (SSSR count). The molecule has 0 saturated heterocycles. The third-order valence-corrected chi connectivity index (χ3v) is 4.37. The molecule has 0 radical (unpaired) electrons. The van der Waals surface area contributed by atoms with Crippen molar-refractivity contribution in [3.8, 4) is 0 Å². The number of thioether (sulfide) groups is 1. The van der Waals surface area contributed by atoms with Crippen molar-refractivity contribution >= 4 is 11.8 Å². The fourth-order valence-electron chi connectivity index (χ4n) is 2.35. The van der Waals surface area contributed by atoms with Gasteiger partial charge in [-0.25, -0.2) is 4.39 Å². The third kappa shape index (κ3) is 4.87. The second-order valence-corrected chi connectivity index (χ2v) is 6.35. The second kappa shape index (κ2) is 7.62. The van der Waals surface area contributed by atoms with Gasteiger partial charge in [0.05, 0.1) is 0 Å². The average Bonchev–Trinajstić information content (AvgIpc) is 2.43. The van der Waals surface area contributed by atoms with E-state index >= 15 is 0 Å². The highest BCUT2D eigenvalue weighted by atomic mass is 32.2. The van der Waals surface area contributed by atoms with Crippen molar-refractivity contribution in [1.29, 1.82) is 0 Å². The quantitative estimate of drug-likeness (QED) is 0.766. The first-order chi connectivity index (χ1) is 10.1. The van der Waals surface area contributed by atoms with E-state index in [-0.39, 0.29) is 5.82 Å². The standard InChI is InChI=1S/C18H22FNS/c1-4-20-11-15-5-6-18(17(19)10-15)21-12-16-8-13(2)7-14(3)9-16/h5-10,20H,4,11-12H2,1-3H3. The maximum Gasteiger partial charge on any atom is 0.137 e. The molecule has 0 aliphatic heterocycles. The topological polar surface area (TPSA) is 12.0 Å². The van der Waals surface area contributed by atoms with E-state index in [1.54, 1.807) is 17.8 Å². The highest BCUT2D eigenvalue weighted by molar-refractivity contribution is 7.98. The van der Waals surface area contributed by atoms with Gasteiger partial charge in [-0.2, -0.15) is 0 Å². The molecule has 0 saturated carbocycles. The lowest BCUT2D eigenvalue weighted by Crippen LogP contribution is -2.11. The van der Waals surface area contributed by atoms with Crippen molar-refractivity contribution < 1.29 is 4.39 Å². The van der Waals surface area contributed by atoms with Gasteiger partial charge in [0.2, 0.25) is 0 Å². The van der Waals surface area contributed by atoms with Crippen LogP contribution in [0.2, 0.25) is 0 Å². The molecule has 1 nitrogen and oxygen atoms in total. The summed E-state index contributed by atoms with van der Waals surface area (Å²) < 4.78 is 14.1. The zero-order valence-electron chi connectivity index (χ0n) is 12.9. The Morgan fingerprint density at radius 1 is 1.00 bits per heavy atom.